The number of carbonyl (C=O) groups is 1. The molecular weight excluding hydrogens is 292 g/mol. The van der Waals surface area contributed by atoms with Crippen molar-refractivity contribution in [1.82, 2.24) is 0 Å². The molecule has 0 spiro atoms. The maximum Gasteiger partial charge on any atom is 0.412 e. The number of nitrogens with two attached hydrogens (primary N) is 1. The Morgan fingerprint density at radius 3 is 2.48 bits per heavy atom. The molecule has 1 aliphatic carbocycles. The molecule has 1 saturated carbocycles. The summed E-state index contributed by atoms with van der Waals surface area (Å²) in [4.78, 5) is 11.9. The lowest BCUT2D eigenvalue weighted by atomic mass is 10.0. The van der Waals surface area contributed by atoms with E-state index in [-0.39, 0.29) is 5.41 Å². The van der Waals surface area contributed by atoms with Crippen molar-refractivity contribution >= 4 is 11.8 Å². The van der Waals surface area contributed by atoms with Crippen molar-refractivity contribution in [2.75, 3.05) is 19.0 Å². The first-order chi connectivity index (χ1) is 10.6. The first-order valence-corrected chi connectivity index (χ1v) is 7.98. The van der Waals surface area contributed by atoms with Crippen LogP contribution in [0.2, 0.25) is 0 Å². The van der Waals surface area contributed by atoms with E-state index in [1.807, 2.05) is 39.0 Å². The van der Waals surface area contributed by atoms with Gasteiger partial charge in [-0.25, -0.2) is 4.79 Å². The molecule has 0 bridgehead atoms. The monoisotopic (exact) mass is 320 g/mol. The second kappa shape index (κ2) is 6.04. The van der Waals surface area contributed by atoms with Crippen LogP contribution in [0.25, 0.3) is 0 Å². The number of amides is 1. The van der Waals surface area contributed by atoms with Crippen molar-refractivity contribution < 1.29 is 14.3 Å². The molecule has 2 unspecified atom stereocenters. The van der Waals surface area contributed by atoms with Crippen LogP contribution < -0.4 is 15.8 Å². The molecule has 128 valence electrons. The topological polar surface area (TPSA) is 73.6 Å². The molecule has 23 heavy (non-hydrogen) atoms. The van der Waals surface area contributed by atoms with Crippen molar-refractivity contribution in [2.45, 2.75) is 46.1 Å². The number of carbonyl (C=O) groups excluding carboxylic acids is 1. The first kappa shape index (κ1) is 17.6. The van der Waals surface area contributed by atoms with E-state index < -0.39 is 11.7 Å². The van der Waals surface area contributed by atoms with Crippen molar-refractivity contribution in [2.24, 2.45) is 17.1 Å². The fourth-order valence-corrected chi connectivity index (χ4v) is 3.28. The predicted molar refractivity (Wildman–Crippen MR) is 91.9 cm³/mol. The van der Waals surface area contributed by atoms with E-state index >= 15 is 0 Å². The van der Waals surface area contributed by atoms with Gasteiger partial charge in [0.1, 0.15) is 11.4 Å². The summed E-state index contributed by atoms with van der Waals surface area (Å²) >= 11 is 0. The van der Waals surface area contributed by atoms with Crippen LogP contribution in [-0.2, 0) is 4.74 Å². The van der Waals surface area contributed by atoms with Gasteiger partial charge in [-0.05, 0) is 62.8 Å². The molecule has 0 heterocycles. The SMILES string of the molecule is COc1ccc(NC(=O)OC(C)(C)C)cc1C1C(CN)C1(C)C. The summed E-state index contributed by atoms with van der Waals surface area (Å²) in [6.45, 7) is 10.6. The third-order valence-corrected chi connectivity index (χ3v) is 4.51. The molecule has 2 rings (SSSR count). The summed E-state index contributed by atoms with van der Waals surface area (Å²) in [5.74, 6) is 1.59. The van der Waals surface area contributed by atoms with Gasteiger partial charge in [0.2, 0.25) is 0 Å². The second-order valence-electron chi connectivity index (χ2n) is 7.72. The molecule has 1 fully saturated rings. The van der Waals surface area contributed by atoms with Gasteiger partial charge in [0, 0.05) is 11.3 Å². The summed E-state index contributed by atoms with van der Waals surface area (Å²) in [6, 6.07) is 5.66. The van der Waals surface area contributed by atoms with Gasteiger partial charge >= 0.3 is 6.09 Å². The van der Waals surface area contributed by atoms with Crippen LogP contribution in [0.1, 0.15) is 46.1 Å². The Morgan fingerprint density at radius 2 is 2.00 bits per heavy atom. The Labute approximate surface area is 138 Å². The number of rotatable bonds is 4. The first-order valence-electron chi connectivity index (χ1n) is 7.98. The van der Waals surface area contributed by atoms with E-state index in [1.165, 1.54) is 0 Å². The normalized spacial score (nSPS) is 22.4. The zero-order valence-electron chi connectivity index (χ0n) is 14.9. The molecule has 3 N–H and O–H groups in total. The molecule has 1 aromatic rings. The lowest BCUT2D eigenvalue weighted by Crippen LogP contribution is -2.27. The van der Waals surface area contributed by atoms with Crippen molar-refractivity contribution in [1.29, 1.82) is 0 Å². The van der Waals surface area contributed by atoms with Crippen molar-refractivity contribution in [3.05, 3.63) is 23.8 Å². The smallest absolute Gasteiger partial charge is 0.412 e. The summed E-state index contributed by atoms with van der Waals surface area (Å²) in [7, 11) is 1.66. The van der Waals surface area contributed by atoms with Crippen LogP contribution in [0.5, 0.6) is 5.75 Å². The predicted octanol–water partition coefficient (Wildman–Crippen LogP) is 3.74. The second-order valence-corrected chi connectivity index (χ2v) is 7.72. The van der Waals surface area contributed by atoms with Gasteiger partial charge < -0.3 is 15.2 Å². The van der Waals surface area contributed by atoms with Crippen molar-refractivity contribution in [3.8, 4) is 5.75 Å². The Kier molecular flexibility index (Phi) is 4.62. The lowest BCUT2D eigenvalue weighted by molar-refractivity contribution is 0.0636. The summed E-state index contributed by atoms with van der Waals surface area (Å²) in [5, 5.41) is 2.79. The highest BCUT2D eigenvalue weighted by molar-refractivity contribution is 5.85. The van der Waals surface area contributed by atoms with Gasteiger partial charge in [-0.3, -0.25) is 5.32 Å². The number of methoxy groups -OCH3 is 1. The third kappa shape index (κ3) is 3.78. The number of benzene rings is 1. The Morgan fingerprint density at radius 1 is 1.35 bits per heavy atom. The number of ether oxygens (including phenoxy) is 2. The lowest BCUT2D eigenvalue weighted by Gasteiger charge is -2.20. The third-order valence-electron chi connectivity index (χ3n) is 4.51. The molecule has 2 atom stereocenters. The van der Waals surface area contributed by atoms with Crippen LogP contribution in [0.3, 0.4) is 0 Å². The average molecular weight is 320 g/mol. The quantitative estimate of drug-likeness (QED) is 0.886. The van der Waals surface area contributed by atoms with E-state index in [2.05, 4.69) is 19.2 Å². The fraction of sp³-hybridized carbons (Fsp3) is 0.611. The molecule has 5 nitrogen and oxygen atoms in total. The summed E-state index contributed by atoms with van der Waals surface area (Å²) < 4.78 is 10.8. The summed E-state index contributed by atoms with van der Waals surface area (Å²) in [5.41, 5.74) is 7.29. The maximum absolute atomic E-state index is 11.9. The molecule has 0 aromatic heterocycles. The zero-order valence-corrected chi connectivity index (χ0v) is 14.9. The largest absolute Gasteiger partial charge is 0.496 e. The summed E-state index contributed by atoms with van der Waals surface area (Å²) in [6.07, 6.45) is -0.459. The number of hydrogen-bond donors (Lipinski definition) is 2. The highest BCUT2D eigenvalue weighted by atomic mass is 16.6. The van der Waals surface area contributed by atoms with Gasteiger partial charge in [0.25, 0.3) is 0 Å². The standard InChI is InChI=1S/C18H28N2O3/c1-17(2,3)23-16(21)20-11-7-8-14(22-6)12(9-11)15-13(10-19)18(15,4)5/h7-9,13,15H,10,19H2,1-6H3,(H,20,21). The van der Waals surface area contributed by atoms with Crippen LogP contribution in [0.15, 0.2) is 18.2 Å². The minimum absolute atomic E-state index is 0.145. The van der Waals surface area contributed by atoms with Gasteiger partial charge in [0.15, 0.2) is 0 Å². The van der Waals surface area contributed by atoms with Gasteiger partial charge in [-0.2, -0.15) is 0 Å². The molecule has 1 aliphatic rings. The van der Waals surface area contributed by atoms with Crippen LogP contribution in [-0.4, -0.2) is 25.3 Å². The number of anilines is 1. The highest BCUT2D eigenvalue weighted by Gasteiger charge is 2.58. The average Bonchev–Trinajstić information content (AvgIpc) is 2.97. The number of hydrogen-bond acceptors (Lipinski definition) is 4. The Balaban J connectivity index is 2.22. The minimum Gasteiger partial charge on any atom is -0.496 e. The van der Waals surface area contributed by atoms with Gasteiger partial charge in [0.05, 0.1) is 7.11 Å². The van der Waals surface area contributed by atoms with E-state index in [0.29, 0.717) is 24.1 Å². The number of nitrogens with one attached hydrogen (secondary N) is 1. The van der Waals surface area contributed by atoms with E-state index in [9.17, 15) is 4.79 Å². The minimum atomic E-state index is -0.525. The molecule has 1 aromatic carbocycles. The van der Waals surface area contributed by atoms with Crippen LogP contribution >= 0.6 is 0 Å². The molecule has 5 heteroatoms. The highest BCUT2D eigenvalue weighted by Crippen LogP contribution is 2.65. The van der Waals surface area contributed by atoms with E-state index in [4.69, 9.17) is 15.2 Å². The molecule has 1 amide bonds. The zero-order chi connectivity index (χ0) is 17.4. The molecule has 0 radical (unpaired) electrons. The van der Waals surface area contributed by atoms with E-state index in [1.54, 1.807) is 7.11 Å². The Bertz CT molecular complexity index is 590. The molecular formula is C18H28N2O3. The van der Waals surface area contributed by atoms with Crippen LogP contribution in [0.4, 0.5) is 10.5 Å². The van der Waals surface area contributed by atoms with Gasteiger partial charge in [-0.1, -0.05) is 13.8 Å². The fourth-order valence-electron chi connectivity index (χ4n) is 3.28. The van der Waals surface area contributed by atoms with E-state index in [0.717, 1.165) is 11.3 Å². The van der Waals surface area contributed by atoms with Gasteiger partial charge in [-0.15, -0.1) is 0 Å². The Hall–Kier alpha value is -1.75. The van der Waals surface area contributed by atoms with Crippen LogP contribution in [0, 0.1) is 11.3 Å². The van der Waals surface area contributed by atoms with Crippen molar-refractivity contribution in [3.63, 3.8) is 0 Å². The molecule has 0 aliphatic heterocycles. The maximum atomic E-state index is 11.9. The molecule has 0 saturated heterocycles.